The lowest BCUT2D eigenvalue weighted by Gasteiger charge is -2.27. The second-order valence-corrected chi connectivity index (χ2v) is 4.50. The fourth-order valence-corrected chi connectivity index (χ4v) is 2.29. The number of anilines is 1. The number of nitrogens with two attached hydrogens (primary N) is 1. The lowest BCUT2D eigenvalue weighted by atomic mass is 10.1. The third-order valence-corrected chi connectivity index (χ3v) is 3.30. The molecule has 0 saturated carbocycles. The van der Waals surface area contributed by atoms with Crippen LogP contribution in [0.25, 0.3) is 0 Å². The standard InChI is InChI=1S/C13H20N2/c1-3-12(14)9-15-10(2)8-11-6-4-5-7-13(11)15/h4-7,10,12H,3,8-9,14H2,1-2H3. The van der Waals surface area contributed by atoms with Crippen LogP contribution in [0.2, 0.25) is 0 Å². The summed E-state index contributed by atoms with van der Waals surface area (Å²) in [5.74, 6) is 0. The van der Waals surface area contributed by atoms with Gasteiger partial charge >= 0.3 is 0 Å². The molecule has 2 atom stereocenters. The summed E-state index contributed by atoms with van der Waals surface area (Å²) in [6.45, 7) is 5.41. The minimum atomic E-state index is 0.290. The van der Waals surface area contributed by atoms with Crippen molar-refractivity contribution in [2.45, 2.75) is 38.8 Å². The summed E-state index contributed by atoms with van der Waals surface area (Å²) in [7, 11) is 0. The number of fused-ring (bicyclic) bond motifs is 1. The van der Waals surface area contributed by atoms with Crippen molar-refractivity contribution in [1.82, 2.24) is 0 Å². The molecule has 1 heterocycles. The Hall–Kier alpha value is -1.02. The Morgan fingerprint density at radius 3 is 2.93 bits per heavy atom. The van der Waals surface area contributed by atoms with Crippen LogP contribution in [0.4, 0.5) is 5.69 Å². The summed E-state index contributed by atoms with van der Waals surface area (Å²) in [6.07, 6.45) is 2.21. The van der Waals surface area contributed by atoms with Crippen LogP contribution in [-0.2, 0) is 6.42 Å². The monoisotopic (exact) mass is 204 g/mol. The van der Waals surface area contributed by atoms with Gasteiger partial charge in [-0.15, -0.1) is 0 Å². The van der Waals surface area contributed by atoms with Gasteiger partial charge in [-0.3, -0.25) is 0 Å². The fraction of sp³-hybridized carbons (Fsp3) is 0.538. The van der Waals surface area contributed by atoms with Crippen LogP contribution in [0.3, 0.4) is 0 Å². The van der Waals surface area contributed by atoms with E-state index >= 15 is 0 Å². The smallest absolute Gasteiger partial charge is 0.0402 e. The average molecular weight is 204 g/mol. The van der Waals surface area contributed by atoms with Gasteiger partial charge in [-0.05, 0) is 31.4 Å². The van der Waals surface area contributed by atoms with E-state index in [0.717, 1.165) is 19.4 Å². The molecule has 2 heteroatoms. The largest absolute Gasteiger partial charge is 0.367 e. The van der Waals surface area contributed by atoms with Crippen LogP contribution >= 0.6 is 0 Å². The van der Waals surface area contributed by atoms with Gasteiger partial charge in [0.05, 0.1) is 0 Å². The Kier molecular flexibility index (Phi) is 2.96. The van der Waals surface area contributed by atoms with Crippen molar-refractivity contribution in [2.24, 2.45) is 5.73 Å². The average Bonchev–Trinajstić information content (AvgIpc) is 2.55. The molecule has 1 aromatic rings. The molecule has 0 radical (unpaired) electrons. The van der Waals surface area contributed by atoms with Gasteiger partial charge in [-0.2, -0.15) is 0 Å². The van der Waals surface area contributed by atoms with E-state index in [0.29, 0.717) is 12.1 Å². The molecule has 0 aromatic heterocycles. The Labute approximate surface area is 92.1 Å². The van der Waals surface area contributed by atoms with Gasteiger partial charge in [0.2, 0.25) is 0 Å². The quantitative estimate of drug-likeness (QED) is 0.817. The van der Waals surface area contributed by atoms with Crippen LogP contribution in [0.5, 0.6) is 0 Å². The maximum atomic E-state index is 6.03. The third-order valence-electron chi connectivity index (χ3n) is 3.30. The van der Waals surface area contributed by atoms with Gasteiger partial charge in [0.1, 0.15) is 0 Å². The highest BCUT2D eigenvalue weighted by Crippen LogP contribution is 2.31. The first-order chi connectivity index (χ1) is 7.22. The van der Waals surface area contributed by atoms with E-state index in [4.69, 9.17) is 5.73 Å². The number of para-hydroxylation sites is 1. The van der Waals surface area contributed by atoms with Crippen molar-refractivity contribution >= 4 is 5.69 Å². The first kappa shape index (κ1) is 10.5. The molecule has 0 bridgehead atoms. The molecule has 0 aliphatic carbocycles. The maximum absolute atomic E-state index is 6.03. The first-order valence-corrected chi connectivity index (χ1v) is 5.82. The van der Waals surface area contributed by atoms with Crippen LogP contribution < -0.4 is 10.6 Å². The highest BCUT2D eigenvalue weighted by Gasteiger charge is 2.25. The molecule has 15 heavy (non-hydrogen) atoms. The highest BCUT2D eigenvalue weighted by molar-refractivity contribution is 5.59. The summed E-state index contributed by atoms with van der Waals surface area (Å²) in [4.78, 5) is 2.45. The van der Waals surface area contributed by atoms with Crippen LogP contribution in [0, 0.1) is 0 Å². The van der Waals surface area contributed by atoms with Crippen LogP contribution in [-0.4, -0.2) is 18.6 Å². The molecular weight excluding hydrogens is 184 g/mol. The maximum Gasteiger partial charge on any atom is 0.0402 e. The first-order valence-electron chi connectivity index (χ1n) is 5.82. The van der Waals surface area contributed by atoms with Gasteiger partial charge in [-0.25, -0.2) is 0 Å². The Balaban J connectivity index is 2.18. The number of hydrogen-bond acceptors (Lipinski definition) is 2. The predicted molar refractivity (Wildman–Crippen MR) is 65.2 cm³/mol. The minimum Gasteiger partial charge on any atom is -0.367 e. The van der Waals surface area contributed by atoms with Crippen molar-refractivity contribution in [3.8, 4) is 0 Å². The summed E-state index contributed by atoms with van der Waals surface area (Å²) in [5, 5.41) is 0. The fourth-order valence-electron chi connectivity index (χ4n) is 2.29. The molecule has 2 unspecified atom stereocenters. The highest BCUT2D eigenvalue weighted by atomic mass is 15.2. The Morgan fingerprint density at radius 2 is 2.20 bits per heavy atom. The molecule has 2 N–H and O–H groups in total. The molecule has 0 amide bonds. The van der Waals surface area contributed by atoms with Crippen molar-refractivity contribution in [3.05, 3.63) is 29.8 Å². The van der Waals surface area contributed by atoms with Crippen LogP contribution in [0.1, 0.15) is 25.8 Å². The summed E-state index contributed by atoms with van der Waals surface area (Å²) in [6, 6.07) is 9.55. The Morgan fingerprint density at radius 1 is 1.47 bits per heavy atom. The SMILES string of the molecule is CCC(N)CN1c2ccccc2CC1C. The number of rotatable bonds is 3. The van der Waals surface area contributed by atoms with Gasteiger partial charge in [-0.1, -0.05) is 25.1 Å². The molecule has 82 valence electrons. The van der Waals surface area contributed by atoms with Crippen LogP contribution in [0.15, 0.2) is 24.3 Å². The normalized spacial score (nSPS) is 21.5. The second kappa shape index (κ2) is 4.23. The molecule has 0 spiro atoms. The van der Waals surface area contributed by atoms with Gasteiger partial charge in [0.25, 0.3) is 0 Å². The molecule has 0 saturated heterocycles. The lowest BCUT2D eigenvalue weighted by Crippen LogP contribution is -2.40. The van der Waals surface area contributed by atoms with Gasteiger partial charge in [0, 0.05) is 24.3 Å². The molecule has 0 fully saturated rings. The zero-order chi connectivity index (χ0) is 10.8. The summed E-state index contributed by atoms with van der Waals surface area (Å²) < 4.78 is 0. The van der Waals surface area contributed by atoms with E-state index < -0.39 is 0 Å². The van der Waals surface area contributed by atoms with E-state index in [9.17, 15) is 0 Å². The molecule has 1 aromatic carbocycles. The third kappa shape index (κ3) is 2.00. The Bertz CT molecular complexity index is 335. The molecule has 1 aliphatic heterocycles. The summed E-state index contributed by atoms with van der Waals surface area (Å²) in [5.41, 5.74) is 8.88. The van der Waals surface area contributed by atoms with E-state index in [2.05, 4.69) is 43.0 Å². The number of nitrogens with zero attached hydrogens (tertiary/aromatic N) is 1. The minimum absolute atomic E-state index is 0.290. The van der Waals surface area contributed by atoms with E-state index in [1.807, 2.05) is 0 Å². The van der Waals surface area contributed by atoms with Gasteiger partial charge in [0.15, 0.2) is 0 Å². The topological polar surface area (TPSA) is 29.3 Å². The summed E-state index contributed by atoms with van der Waals surface area (Å²) >= 11 is 0. The van der Waals surface area contributed by atoms with Gasteiger partial charge < -0.3 is 10.6 Å². The predicted octanol–water partition coefficient (Wildman–Crippen LogP) is 2.17. The zero-order valence-electron chi connectivity index (χ0n) is 9.61. The van der Waals surface area contributed by atoms with E-state index in [1.165, 1.54) is 11.3 Å². The van der Waals surface area contributed by atoms with Crippen molar-refractivity contribution in [3.63, 3.8) is 0 Å². The van der Waals surface area contributed by atoms with Crippen molar-refractivity contribution in [2.75, 3.05) is 11.4 Å². The van der Waals surface area contributed by atoms with E-state index in [-0.39, 0.29) is 0 Å². The number of hydrogen-bond donors (Lipinski definition) is 1. The lowest BCUT2D eigenvalue weighted by molar-refractivity contribution is 0.579. The molecule has 2 rings (SSSR count). The van der Waals surface area contributed by atoms with Crippen molar-refractivity contribution in [1.29, 1.82) is 0 Å². The van der Waals surface area contributed by atoms with E-state index in [1.54, 1.807) is 0 Å². The molecular formula is C13H20N2. The second-order valence-electron chi connectivity index (χ2n) is 4.50. The number of benzene rings is 1. The zero-order valence-corrected chi connectivity index (χ0v) is 9.61. The molecule has 2 nitrogen and oxygen atoms in total. The molecule has 1 aliphatic rings. The van der Waals surface area contributed by atoms with Crippen molar-refractivity contribution < 1.29 is 0 Å².